The van der Waals surface area contributed by atoms with Crippen LogP contribution in [0.2, 0.25) is 0 Å². The van der Waals surface area contributed by atoms with Gasteiger partial charge in [-0.2, -0.15) is 4.98 Å². The molecule has 0 aliphatic heterocycles. The molecule has 0 spiro atoms. The lowest BCUT2D eigenvalue weighted by molar-refractivity contribution is -0.149. The molecule has 30 heavy (non-hydrogen) atoms. The van der Waals surface area contributed by atoms with E-state index in [1.165, 1.54) is 11.6 Å². The van der Waals surface area contributed by atoms with Crippen LogP contribution >= 0.6 is 0 Å². The molecule has 7 heteroatoms. The molecule has 1 heterocycles. The first-order valence-electron chi connectivity index (χ1n) is 9.67. The van der Waals surface area contributed by atoms with Gasteiger partial charge in [-0.25, -0.2) is 4.79 Å². The highest BCUT2D eigenvalue weighted by Gasteiger charge is 2.18. The summed E-state index contributed by atoms with van der Waals surface area (Å²) in [7, 11) is 0. The van der Waals surface area contributed by atoms with E-state index in [0.29, 0.717) is 5.82 Å². The Balaban J connectivity index is 1.48. The minimum atomic E-state index is -0.818. The molecule has 0 aliphatic rings. The summed E-state index contributed by atoms with van der Waals surface area (Å²) in [6, 6.07) is 16.4. The van der Waals surface area contributed by atoms with Crippen molar-refractivity contribution in [1.29, 1.82) is 0 Å². The molecule has 1 N–H and O–H groups in total. The van der Waals surface area contributed by atoms with E-state index >= 15 is 0 Å². The van der Waals surface area contributed by atoms with Gasteiger partial charge >= 0.3 is 5.97 Å². The summed E-state index contributed by atoms with van der Waals surface area (Å²) >= 11 is 0. The van der Waals surface area contributed by atoms with Gasteiger partial charge in [-0.1, -0.05) is 66.7 Å². The highest BCUT2D eigenvalue weighted by atomic mass is 16.6. The highest BCUT2D eigenvalue weighted by molar-refractivity contribution is 5.94. The molecule has 0 aliphatic carbocycles. The maximum atomic E-state index is 12.1. The predicted molar refractivity (Wildman–Crippen MR) is 112 cm³/mol. The fourth-order valence-electron chi connectivity index (χ4n) is 2.63. The van der Waals surface area contributed by atoms with E-state index in [-0.39, 0.29) is 18.4 Å². The van der Waals surface area contributed by atoms with Crippen LogP contribution in [0, 0.1) is 0 Å². The zero-order valence-corrected chi connectivity index (χ0v) is 16.9. The number of hydrogen-bond acceptors (Lipinski definition) is 6. The first-order valence-corrected chi connectivity index (χ1v) is 9.67. The van der Waals surface area contributed by atoms with Gasteiger partial charge in [0, 0.05) is 11.6 Å². The maximum Gasteiger partial charge on any atom is 0.328 e. The molecule has 0 fully saturated rings. The zero-order valence-electron chi connectivity index (χ0n) is 16.9. The van der Waals surface area contributed by atoms with Gasteiger partial charge in [-0.3, -0.25) is 4.79 Å². The Morgan fingerprint density at radius 3 is 2.57 bits per heavy atom. The van der Waals surface area contributed by atoms with Gasteiger partial charge in [-0.05, 0) is 30.5 Å². The van der Waals surface area contributed by atoms with E-state index in [0.717, 1.165) is 17.5 Å². The van der Waals surface area contributed by atoms with Crippen LogP contribution in [0.25, 0.3) is 17.5 Å². The Bertz CT molecular complexity index is 1010. The van der Waals surface area contributed by atoms with E-state index in [1.54, 1.807) is 13.0 Å². The van der Waals surface area contributed by atoms with Crippen molar-refractivity contribution in [2.24, 2.45) is 0 Å². The average molecular weight is 405 g/mol. The summed E-state index contributed by atoms with van der Waals surface area (Å²) < 4.78 is 10.3. The molecule has 3 aromatic rings. The summed E-state index contributed by atoms with van der Waals surface area (Å²) in [5.41, 5.74) is 2.92. The molecule has 0 bridgehead atoms. The number of hydrogen-bond donors (Lipinski definition) is 1. The fourth-order valence-corrected chi connectivity index (χ4v) is 2.63. The molecule has 154 valence electrons. The van der Waals surface area contributed by atoms with Crippen molar-refractivity contribution in [3.8, 4) is 11.4 Å². The normalized spacial score (nSPS) is 11.9. The van der Waals surface area contributed by atoms with Gasteiger partial charge in [0.2, 0.25) is 11.7 Å². The monoisotopic (exact) mass is 405 g/mol. The Hall–Kier alpha value is -3.74. The first-order chi connectivity index (χ1) is 14.5. The third kappa shape index (κ3) is 5.88. The largest absolute Gasteiger partial charge is 0.454 e. The van der Waals surface area contributed by atoms with E-state index < -0.39 is 12.0 Å². The van der Waals surface area contributed by atoms with Crippen LogP contribution in [-0.2, 0) is 27.4 Å². The molecule has 3 rings (SSSR count). The zero-order chi connectivity index (χ0) is 21.3. The third-order valence-electron chi connectivity index (χ3n) is 4.37. The molecule has 1 atom stereocenters. The maximum absolute atomic E-state index is 12.1. The van der Waals surface area contributed by atoms with Crippen LogP contribution in [0.4, 0.5) is 0 Å². The summed E-state index contributed by atoms with van der Waals surface area (Å²) in [6.45, 7) is 3.46. The molecular weight excluding hydrogens is 382 g/mol. The molecule has 2 aromatic carbocycles. The van der Waals surface area contributed by atoms with Gasteiger partial charge in [0.1, 0.15) is 6.04 Å². The number of benzene rings is 2. The average Bonchev–Trinajstić information content (AvgIpc) is 3.26. The molecule has 0 saturated carbocycles. The molecule has 0 saturated heterocycles. The second kappa shape index (κ2) is 10.2. The number of carbonyl (C=O) groups excluding carboxylic acids is 2. The number of aromatic nitrogens is 2. The second-order valence-corrected chi connectivity index (χ2v) is 6.64. The molecule has 1 amide bonds. The number of nitrogens with zero attached hydrogens (tertiary/aromatic N) is 2. The molecule has 0 radical (unpaired) electrons. The lowest BCUT2D eigenvalue weighted by Gasteiger charge is -2.10. The summed E-state index contributed by atoms with van der Waals surface area (Å²) in [4.78, 5) is 28.3. The Morgan fingerprint density at radius 1 is 1.13 bits per heavy atom. The number of ether oxygens (including phenoxy) is 1. The van der Waals surface area contributed by atoms with Gasteiger partial charge in [0.25, 0.3) is 5.89 Å². The van der Waals surface area contributed by atoms with Crippen LogP contribution < -0.4 is 5.32 Å². The minimum Gasteiger partial charge on any atom is -0.454 e. The lowest BCUT2D eigenvalue weighted by atomic mass is 10.1. The first kappa shape index (κ1) is 21.0. The van der Waals surface area contributed by atoms with Crippen LogP contribution in [-0.4, -0.2) is 28.1 Å². The summed E-state index contributed by atoms with van der Waals surface area (Å²) in [6.07, 6.45) is 3.98. The van der Waals surface area contributed by atoms with Crippen molar-refractivity contribution in [2.45, 2.75) is 32.9 Å². The third-order valence-corrected chi connectivity index (χ3v) is 4.37. The number of aryl methyl sites for hydroxylation is 1. The van der Waals surface area contributed by atoms with Gasteiger partial charge < -0.3 is 14.6 Å². The SMILES string of the molecule is CCc1ccc(-c2noc(COC(=O)[C@H](C)NC(=O)/C=C/c3ccccc3)n2)cc1. The molecular formula is C23H23N3O4. The van der Waals surface area contributed by atoms with E-state index in [9.17, 15) is 9.59 Å². The fraction of sp³-hybridized carbons (Fsp3) is 0.217. The van der Waals surface area contributed by atoms with Crippen molar-refractivity contribution in [3.63, 3.8) is 0 Å². The molecule has 0 unspecified atom stereocenters. The lowest BCUT2D eigenvalue weighted by Crippen LogP contribution is -2.38. The number of rotatable bonds is 8. The quantitative estimate of drug-likeness (QED) is 0.455. The predicted octanol–water partition coefficient (Wildman–Crippen LogP) is 3.56. The van der Waals surface area contributed by atoms with Crippen LogP contribution in [0.15, 0.2) is 65.2 Å². The summed E-state index contributed by atoms with van der Waals surface area (Å²) in [5.74, 6) is -0.376. The second-order valence-electron chi connectivity index (χ2n) is 6.64. The van der Waals surface area contributed by atoms with Crippen LogP contribution in [0.3, 0.4) is 0 Å². The van der Waals surface area contributed by atoms with Gasteiger partial charge in [-0.15, -0.1) is 0 Å². The van der Waals surface area contributed by atoms with E-state index in [1.807, 2.05) is 54.6 Å². The number of esters is 1. The Kier molecular flexibility index (Phi) is 7.10. The Morgan fingerprint density at radius 2 is 1.87 bits per heavy atom. The van der Waals surface area contributed by atoms with Crippen molar-refractivity contribution < 1.29 is 18.8 Å². The van der Waals surface area contributed by atoms with Crippen LogP contribution in [0.5, 0.6) is 0 Å². The Labute approximate surface area is 174 Å². The van der Waals surface area contributed by atoms with Crippen LogP contribution in [0.1, 0.15) is 30.9 Å². The van der Waals surface area contributed by atoms with Crippen molar-refractivity contribution in [1.82, 2.24) is 15.5 Å². The van der Waals surface area contributed by atoms with Crippen molar-refractivity contribution in [3.05, 3.63) is 77.7 Å². The standard InChI is InChI=1S/C23H23N3O4/c1-3-17-9-12-19(13-10-17)22-25-21(30-26-22)15-29-23(28)16(2)24-20(27)14-11-18-7-5-4-6-8-18/h4-14,16H,3,15H2,1-2H3,(H,24,27)/b14-11+/t16-/m0/s1. The number of nitrogens with one attached hydrogen (secondary N) is 1. The number of carbonyl (C=O) groups is 2. The van der Waals surface area contributed by atoms with E-state index in [4.69, 9.17) is 9.26 Å². The highest BCUT2D eigenvalue weighted by Crippen LogP contribution is 2.17. The molecule has 1 aromatic heterocycles. The molecule has 7 nitrogen and oxygen atoms in total. The van der Waals surface area contributed by atoms with Gasteiger partial charge in [0.05, 0.1) is 0 Å². The van der Waals surface area contributed by atoms with Gasteiger partial charge in [0.15, 0.2) is 6.61 Å². The topological polar surface area (TPSA) is 94.3 Å². The minimum absolute atomic E-state index is 0.168. The van der Waals surface area contributed by atoms with Crippen molar-refractivity contribution in [2.75, 3.05) is 0 Å². The van der Waals surface area contributed by atoms with Crippen molar-refractivity contribution >= 4 is 18.0 Å². The van der Waals surface area contributed by atoms with E-state index in [2.05, 4.69) is 22.4 Å². The summed E-state index contributed by atoms with van der Waals surface area (Å²) in [5, 5.41) is 6.47. The smallest absolute Gasteiger partial charge is 0.328 e. The number of amides is 1.